The molecule has 4 aromatic rings. The van der Waals surface area contributed by atoms with Crippen LogP contribution >= 0.6 is 0 Å². The standard InChI is InChI=1S/C24H19F3N4O/c1-2-13-28-23(32)22-30-20(16-11-7-4-8-12-16)19-17(24(25,26)27)14-18(29-21(19)31-22)15-9-5-3-6-10-15/h3-12,14H,2,13H2,1H3,(H,28,32). The summed E-state index contributed by atoms with van der Waals surface area (Å²) in [6, 6.07) is 18.0. The number of nitrogens with zero attached hydrogens (tertiary/aromatic N) is 3. The van der Waals surface area contributed by atoms with Crippen molar-refractivity contribution >= 4 is 16.9 Å². The third-order valence-corrected chi connectivity index (χ3v) is 4.83. The molecule has 0 radical (unpaired) electrons. The Kier molecular flexibility index (Phi) is 5.85. The predicted octanol–water partition coefficient (Wildman–Crippen LogP) is 5.52. The van der Waals surface area contributed by atoms with Crippen molar-refractivity contribution in [3.05, 3.63) is 78.1 Å². The van der Waals surface area contributed by atoms with Gasteiger partial charge in [0.25, 0.3) is 5.91 Å². The maximum Gasteiger partial charge on any atom is 0.417 e. The molecule has 0 atom stereocenters. The van der Waals surface area contributed by atoms with E-state index >= 15 is 0 Å². The van der Waals surface area contributed by atoms with Gasteiger partial charge in [0.15, 0.2) is 5.65 Å². The number of fused-ring (bicyclic) bond motifs is 1. The lowest BCUT2D eigenvalue weighted by Crippen LogP contribution is -2.26. The van der Waals surface area contributed by atoms with Crippen LogP contribution in [0.25, 0.3) is 33.5 Å². The minimum atomic E-state index is -4.68. The Balaban J connectivity index is 2.06. The lowest BCUT2D eigenvalue weighted by molar-refractivity contribution is -0.136. The minimum absolute atomic E-state index is 0.0108. The van der Waals surface area contributed by atoms with E-state index in [9.17, 15) is 18.0 Å². The fraction of sp³-hybridized carbons (Fsp3) is 0.167. The monoisotopic (exact) mass is 436 g/mol. The summed E-state index contributed by atoms with van der Waals surface area (Å²) in [4.78, 5) is 25.4. The van der Waals surface area contributed by atoms with Gasteiger partial charge >= 0.3 is 6.18 Å². The molecule has 2 aromatic carbocycles. The molecule has 2 aromatic heterocycles. The van der Waals surface area contributed by atoms with Crippen LogP contribution in [0.3, 0.4) is 0 Å². The van der Waals surface area contributed by atoms with Crippen molar-refractivity contribution in [1.29, 1.82) is 0 Å². The van der Waals surface area contributed by atoms with Crippen LogP contribution in [-0.2, 0) is 6.18 Å². The molecule has 0 fully saturated rings. The summed E-state index contributed by atoms with van der Waals surface area (Å²) >= 11 is 0. The molecule has 4 rings (SSSR count). The number of carbonyl (C=O) groups excluding carboxylic acids is 1. The molecular formula is C24H19F3N4O. The zero-order valence-corrected chi connectivity index (χ0v) is 17.1. The quantitative estimate of drug-likeness (QED) is 0.448. The molecule has 0 saturated heterocycles. The first-order chi connectivity index (χ1) is 15.4. The molecule has 0 aliphatic heterocycles. The van der Waals surface area contributed by atoms with Crippen molar-refractivity contribution in [3.8, 4) is 22.5 Å². The molecule has 8 heteroatoms. The molecule has 0 aliphatic rings. The number of hydrogen-bond donors (Lipinski definition) is 1. The molecule has 1 N–H and O–H groups in total. The number of rotatable bonds is 5. The highest BCUT2D eigenvalue weighted by atomic mass is 19.4. The Bertz CT molecular complexity index is 1260. The van der Waals surface area contributed by atoms with Gasteiger partial charge in [0.2, 0.25) is 5.82 Å². The molecule has 32 heavy (non-hydrogen) atoms. The first-order valence-electron chi connectivity index (χ1n) is 10.1. The number of alkyl halides is 3. The van der Waals surface area contributed by atoms with Gasteiger partial charge in [0.1, 0.15) is 0 Å². The molecule has 1 amide bonds. The van der Waals surface area contributed by atoms with E-state index in [1.54, 1.807) is 60.7 Å². The molecule has 0 saturated carbocycles. The summed E-state index contributed by atoms with van der Waals surface area (Å²) in [6.45, 7) is 2.28. The van der Waals surface area contributed by atoms with Gasteiger partial charge in [-0.15, -0.1) is 0 Å². The number of aromatic nitrogens is 3. The second kappa shape index (κ2) is 8.74. The number of benzene rings is 2. The van der Waals surface area contributed by atoms with Crippen LogP contribution in [-0.4, -0.2) is 27.4 Å². The Morgan fingerprint density at radius 2 is 1.53 bits per heavy atom. The van der Waals surface area contributed by atoms with Gasteiger partial charge in [-0.05, 0) is 12.5 Å². The fourth-order valence-electron chi connectivity index (χ4n) is 3.34. The third-order valence-electron chi connectivity index (χ3n) is 4.83. The van der Waals surface area contributed by atoms with Crippen LogP contribution < -0.4 is 5.32 Å². The largest absolute Gasteiger partial charge is 0.417 e. The summed E-state index contributed by atoms with van der Waals surface area (Å²) in [7, 11) is 0. The van der Waals surface area contributed by atoms with Crippen molar-refractivity contribution in [1.82, 2.24) is 20.3 Å². The smallest absolute Gasteiger partial charge is 0.349 e. The molecule has 0 unspecified atom stereocenters. The van der Waals surface area contributed by atoms with Gasteiger partial charge < -0.3 is 5.32 Å². The van der Waals surface area contributed by atoms with Crippen molar-refractivity contribution in [3.63, 3.8) is 0 Å². The highest BCUT2D eigenvalue weighted by molar-refractivity contribution is 5.99. The van der Waals surface area contributed by atoms with Crippen molar-refractivity contribution in [2.24, 2.45) is 0 Å². The molecule has 0 aliphatic carbocycles. The fourth-order valence-corrected chi connectivity index (χ4v) is 3.34. The Hall–Kier alpha value is -3.81. The van der Waals surface area contributed by atoms with Gasteiger partial charge in [-0.2, -0.15) is 13.2 Å². The van der Waals surface area contributed by atoms with Crippen molar-refractivity contribution in [2.75, 3.05) is 6.54 Å². The minimum Gasteiger partial charge on any atom is -0.349 e. The average Bonchev–Trinajstić information content (AvgIpc) is 2.81. The lowest BCUT2D eigenvalue weighted by Gasteiger charge is -2.16. The predicted molar refractivity (Wildman–Crippen MR) is 116 cm³/mol. The van der Waals surface area contributed by atoms with Gasteiger partial charge in [-0.25, -0.2) is 15.0 Å². The molecule has 0 bridgehead atoms. The SMILES string of the molecule is CCCNC(=O)c1nc(-c2ccccc2)c2c(C(F)(F)F)cc(-c3ccccc3)nc2n1. The van der Waals surface area contributed by atoms with Crippen LogP contribution in [0, 0.1) is 0 Å². The van der Waals surface area contributed by atoms with E-state index in [2.05, 4.69) is 20.3 Å². The normalized spacial score (nSPS) is 11.5. The van der Waals surface area contributed by atoms with Crippen molar-refractivity contribution in [2.45, 2.75) is 19.5 Å². The molecule has 0 spiro atoms. The number of halogens is 3. The Morgan fingerprint density at radius 1 is 0.906 bits per heavy atom. The van der Waals surface area contributed by atoms with E-state index < -0.39 is 17.6 Å². The van der Waals surface area contributed by atoms with Crippen LogP contribution in [0.2, 0.25) is 0 Å². The zero-order chi connectivity index (χ0) is 22.7. The Morgan fingerprint density at radius 3 is 2.12 bits per heavy atom. The highest BCUT2D eigenvalue weighted by Crippen LogP contribution is 2.39. The van der Waals surface area contributed by atoms with E-state index in [0.29, 0.717) is 24.1 Å². The van der Waals surface area contributed by atoms with E-state index in [0.717, 1.165) is 6.07 Å². The average molecular weight is 436 g/mol. The number of carbonyl (C=O) groups is 1. The number of nitrogens with one attached hydrogen (secondary N) is 1. The first kappa shape index (κ1) is 21.4. The summed E-state index contributed by atoms with van der Waals surface area (Å²) in [5, 5.41) is 2.43. The number of hydrogen-bond acceptors (Lipinski definition) is 4. The van der Waals surface area contributed by atoms with Crippen LogP contribution in [0.15, 0.2) is 66.7 Å². The van der Waals surface area contributed by atoms with E-state index in [-0.39, 0.29) is 28.2 Å². The van der Waals surface area contributed by atoms with Gasteiger partial charge in [-0.1, -0.05) is 67.6 Å². The summed E-state index contributed by atoms with van der Waals surface area (Å²) in [6.07, 6.45) is -3.98. The topological polar surface area (TPSA) is 67.8 Å². The molecule has 2 heterocycles. The van der Waals surface area contributed by atoms with E-state index in [1.165, 1.54) is 0 Å². The maximum atomic E-state index is 14.2. The summed E-state index contributed by atoms with van der Waals surface area (Å²) < 4.78 is 42.5. The second-order valence-electron chi connectivity index (χ2n) is 7.14. The molecule has 5 nitrogen and oxygen atoms in total. The highest BCUT2D eigenvalue weighted by Gasteiger charge is 2.36. The van der Waals surface area contributed by atoms with E-state index in [4.69, 9.17) is 0 Å². The summed E-state index contributed by atoms with van der Waals surface area (Å²) in [5.74, 6) is -0.790. The van der Waals surface area contributed by atoms with Crippen LogP contribution in [0.5, 0.6) is 0 Å². The third kappa shape index (κ3) is 4.30. The van der Waals surface area contributed by atoms with Crippen LogP contribution in [0.1, 0.15) is 29.5 Å². The second-order valence-corrected chi connectivity index (χ2v) is 7.14. The van der Waals surface area contributed by atoms with E-state index in [1.807, 2.05) is 6.92 Å². The van der Waals surface area contributed by atoms with Gasteiger partial charge in [-0.3, -0.25) is 4.79 Å². The van der Waals surface area contributed by atoms with Crippen LogP contribution in [0.4, 0.5) is 13.2 Å². The number of pyridine rings is 1. The molecular weight excluding hydrogens is 417 g/mol. The summed E-state index contributed by atoms with van der Waals surface area (Å²) in [5.41, 5.74) is -0.0180. The first-order valence-corrected chi connectivity index (χ1v) is 10.1. The zero-order valence-electron chi connectivity index (χ0n) is 17.1. The number of amides is 1. The van der Waals surface area contributed by atoms with Crippen molar-refractivity contribution < 1.29 is 18.0 Å². The Labute approximate surface area is 182 Å². The molecule has 162 valence electrons. The van der Waals surface area contributed by atoms with Gasteiger partial charge in [0, 0.05) is 17.7 Å². The maximum absolute atomic E-state index is 14.2. The van der Waals surface area contributed by atoms with Gasteiger partial charge in [0.05, 0.1) is 22.3 Å². The lowest BCUT2D eigenvalue weighted by atomic mass is 10.0.